The van der Waals surface area contributed by atoms with Crippen LogP contribution in [-0.4, -0.2) is 28.5 Å². The van der Waals surface area contributed by atoms with E-state index in [2.05, 4.69) is 36.1 Å². The van der Waals surface area contributed by atoms with E-state index in [1.807, 2.05) is 0 Å². The van der Waals surface area contributed by atoms with Crippen LogP contribution in [0, 0.1) is 11.3 Å². The van der Waals surface area contributed by atoms with Gasteiger partial charge in [0.05, 0.1) is 18.4 Å². The Kier molecular flexibility index (Phi) is 5.60. The second kappa shape index (κ2) is 7.76. The number of fused-ring (bicyclic) bond motifs is 1. The number of hydrogen-bond acceptors (Lipinski definition) is 6. The third-order valence-corrected chi connectivity index (χ3v) is 6.16. The maximum absolute atomic E-state index is 12.6. The van der Waals surface area contributed by atoms with Gasteiger partial charge in [-0.15, -0.1) is 11.3 Å². The lowest BCUT2D eigenvalue weighted by Crippen LogP contribution is -2.26. The number of anilines is 1. The van der Waals surface area contributed by atoms with Gasteiger partial charge in [-0.3, -0.25) is 9.78 Å². The van der Waals surface area contributed by atoms with E-state index >= 15 is 0 Å². The summed E-state index contributed by atoms with van der Waals surface area (Å²) in [4.78, 5) is 34.2. The second-order valence-corrected chi connectivity index (χ2v) is 8.88. The molecule has 1 atom stereocenters. The zero-order valence-electron chi connectivity index (χ0n) is 16.2. The Balaban J connectivity index is 1.94. The monoisotopic (exact) mass is 387 g/mol. The molecule has 0 spiro atoms. The maximum atomic E-state index is 12.6. The fourth-order valence-electron chi connectivity index (χ4n) is 3.42. The molecule has 2 heterocycles. The number of ether oxygens (including phenoxy) is 1. The van der Waals surface area contributed by atoms with Gasteiger partial charge in [0.25, 0.3) is 5.91 Å². The average molecular weight is 388 g/mol. The first kappa shape index (κ1) is 19.5. The van der Waals surface area contributed by atoms with Crippen molar-refractivity contribution in [3.63, 3.8) is 0 Å². The predicted octanol–water partition coefficient (Wildman–Crippen LogP) is 4.12. The van der Waals surface area contributed by atoms with Gasteiger partial charge < -0.3 is 10.1 Å². The van der Waals surface area contributed by atoms with Crippen LogP contribution in [0.5, 0.6) is 0 Å². The molecule has 1 aliphatic carbocycles. The molecule has 0 aliphatic heterocycles. The summed E-state index contributed by atoms with van der Waals surface area (Å²) in [5, 5.41) is 3.40. The van der Waals surface area contributed by atoms with E-state index in [0.717, 1.165) is 24.8 Å². The summed E-state index contributed by atoms with van der Waals surface area (Å²) < 4.78 is 5.26. The van der Waals surface area contributed by atoms with Gasteiger partial charge in [0.2, 0.25) is 0 Å². The topological polar surface area (TPSA) is 81.2 Å². The van der Waals surface area contributed by atoms with Crippen molar-refractivity contribution >= 4 is 28.2 Å². The molecule has 1 N–H and O–H groups in total. The number of rotatable bonds is 4. The molecule has 2 aromatic heterocycles. The molecular weight excluding hydrogens is 362 g/mol. The maximum Gasteiger partial charge on any atom is 0.341 e. The van der Waals surface area contributed by atoms with E-state index in [1.165, 1.54) is 34.8 Å². The van der Waals surface area contributed by atoms with Crippen LogP contribution in [0.4, 0.5) is 5.00 Å². The van der Waals surface area contributed by atoms with Gasteiger partial charge in [-0.25, -0.2) is 9.78 Å². The molecule has 1 amide bonds. The van der Waals surface area contributed by atoms with Crippen molar-refractivity contribution < 1.29 is 14.3 Å². The van der Waals surface area contributed by atoms with Crippen molar-refractivity contribution in [2.75, 3.05) is 11.9 Å². The summed E-state index contributed by atoms with van der Waals surface area (Å²) in [6, 6.07) is 0. The minimum absolute atomic E-state index is 0.203. The summed E-state index contributed by atoms with van der Waals surface area (Å²) in [7, 11) is 0. The third kappa shape index (κ3) is 4.18. The lowest BCUT2D eigenvalue weighted by Gasteiger charge is -2.33. The molecule has 0 saturated heterocycles. The van der Waals surface area contributed by atoms with Crippen molar-refractivity contribution in [3.05, 3.63) is 40.3 Å². The number of nitrogens with one attached hydrogen (secondary N) is 1. The minimum Gasteiger partial charge on any atom is -0.462 e. The van der Waals surface area contributed by atoms with Crippen LogP contribution < -0.4 is 5.32 Å². The smallest absolute Gasteiger partial charge is 0.341 e. The first-order chi connectivity index (χ1) is 12.8. The Morgan fingerprint density at radius 1 is 1.33 bits per heavy atom. The van der Waals surface area contributed by atoms with Gasteiger partial charge in [0.15, 0.2) is 0 Å². The number of amides is 1. The lowest BCUT2D eigenvalue weighted by atomic mass is 9.72. The molecule has 27 heavy (non-hydrogen) atoms. The van der Waals surface area contributed by atoms with Gasteiger partial charge in [-0.1, -0.05) is 20.8 Å². The summed E-state index contributed by atoms with van der Waals surface area (Å²) in [6.45, 7) is 8.83. The molecule has 6 nitrogen and oxygen atoms in total. The number of aromatic nitrogens is 2. The first-order valence-electron chi connectivity index (χ1n) is 9.20. The van der Waals surface area contributed by atoms with Crippen LogP contribution in [0.25, 0.3) is 0 Å². The lowest BCUT2D eigenvalue weighted by molar-refractivity contribution is 0.0526. The van der Waals surface area contributed by atoms with Crippen LogP contribution in [0.2, 0.25) is 0 Å². The van der Waals surface area contributed by atoms with Crippen molar-refractivity contribution in [1.82, 2.24) is 9.97 Å². The van der Waals surface area contributed by atoms with Crippen LogP contribution in [0.1, 0.15) is 65.4 Å². The highest BCUT2D eigenvalue weighted by molar-refractivity contribution is 7.17. The van der Waals surface area contributed by atoms with Crippen LogP contribution in [0.15, 0.2) is 18.6 Å². The summed E-state index contributed by atoms with van der Waals surface area (Å²) >= 11 is 1.48. The molecular formula is C20H25N3O3S. The quantitative estimate of drug-likeness (QED) is 0.798. The van der Waals surface area contributed by atoms with Crippen LogP contribution >= 0.6 is 11.3 Å². The highest BCUT2D eigenvalue weighted by atomic mass is 32.1. The van der Waals surface area contributed by atoms with E-state index in [9.17, 15) is 9.59 Å². The summed E-state index contributed by atoms with van der Waals surface area (Å²) in [5.74, 6) is -0.208. The fourth-order valence-corrected chi connectivity index (χ4v) is 4.73. The Morgan fingerprint density at radius 2 is 2.11 bits per heavy atom. The van der Waals surface area contributed by atoms with Gasteiger partial charge in [0, 0.05) is 17.3 Å². The molecule has 1 aliphatic rings. The van der Waals surface area contributed by atoms with E-state index in [-0.39, 0.29) is 23.0 Å². The Morgan fingerprint density at radius 3 is 2.74 bits per heavy atom. The third-order valence-electron chi connectivity index (χ3n) is 4.99. The second-order valence-electron chi connectivity index (χ2n) is 7.78. The molecule has 0 aromatic carbocycles. The fraction of sp³-hybridized carbons (Fsp3) is 0.500. The van der Waals surface area contributed by atoms with Crippen LogP contribution in [-0.2, 0) is 17.6 Å². The summed E-state index contributed by atoms with van der Waals surface area (Å²) in [5.41, 5.74) is 1.94. The largest absolute Gasteiger partial charge is 0.462 e. The summed E-state index contributed by atoms with van der Waals surface area (Å²) in [6.07, 6.45) is 7.14. The number of esters is 1. The molecule has 7 heteroatoms. The Bertz CT molecular complexity index is 840. The minimum atomic E-state index is -0.376. The number of carbonyl (C=O) groups is 2. The molecule has 0 radical (unpaired) electrons. The van der Waals surface area contributed by atoms with Crippen molar-refractivity contribution in [2.45, 2.75) is 47.0 Å². The van der Waals surface area contributed by atoms with Gasteiger partial charge in [-0.05, 0) is 43.1 Å². The van der Waals surface area contributed by atoms with Crippen molar-refractivity contribution in [3.8, 4) is 0 Å². The number of carbonyl (C=O) groups excluding carboxylic acids is 2. The van der Waals surface area contributed by atoms with Gasteiger partial charge in [0.1, 0.15) is 10.7 Å². The number of nitrogens with zero attached hydrogens (tertiary/aromatic N) is 2. The van der Waals surface area contributed by atoms with Gasteiger partial charge in [-0.2, -0.15) is 0 Å². The molecule has 0 fully saturated rings. The number of thiophene rings is 1. The zero-order valence-corrected chi connectivity index (χ0v) is 17.0. The normalized spacial score (nSPS) is 16.5. The molecule has 0 saturated carbocycles. The SMILES string of the molecule is CCOC(=O)c1c(NC(=O)c2cnccn2)sc2c1CC[C@@H](C(C)(C)C)C2. The number of hydrogen-bond donors (Lipinski definition) is 1. The average Bonchev–Trinajstić information content (AvgIpc) is 2.99. The van der Waals surface area contributed by atoms with E-state index in [4.69, 9.17) is 4.74 Å². The molecule has 2 aromatic rings. The van der Waals surface area contributed by atoms with Crippen molar-refractivity contribution in [1.29, 1.82) is 0 Å². The highest BCUT2D eigenvalue weighted by Gasteiger charge is 2.34. The molecule has 0 bridgehead atoms. The standard InChI is InChI=1S/C20H25N3O3S/c1-5-26-19(25)16-13-7-6-12(20(2,3)4)10-15(13)27-18(16)23-17(24)14-11-21-8-9-22-14/h8-9,11-12H,5-7,10H2,1-4H3,(H,23,24)/t12-/m1/s1. The van der Waals surface area contributed by atoms with Crippen LogP contribution in [0.3, 0.4) is 0 Å². The van der Waals surface area contributed by atoms with Crippen molar-refractivity contribution in [2.24, 2.45) is 11.3 Å². The zero-order chi connectivity index (χ0) is 19.6. The molecule has 3 rings (SSSR count). The van der Waals surface area contributed by atoms with E-state index in [1.54, 1.807) is 6.92 Å². The Hall–Kier alpha value is -2.28. The Labute approximate surface area is 163 Å². The molecule has 144 valence electrons. The van der Waals surface area contributed by atoms with E-state index < -0.39 is 0 Å². The van der Waals surface area contributed by atoms with Gasteiger partial charge >= 0.3 is 5.97 Å². The first-order valence-corrected chi connectivity index (χ1v) is 10.0. The van der Waals surface area contributed by atoms with E-state index in [0.29, 0.717) is 23.1 Å². The molecule has 0 unspecified atom stereocenters. The predicted molar refractivity (Wildman–Crippen MR) is 105 cm³/mol. The highest BCUT2D eigenvalue weighted by Crippen LogP contribution is 2.44.